The molecule has 4 nitrogen and oxygen atoms in total. The average molecular weight is 349 g/mol. The predicted molar refractivity (Wildman–Crippen MR) is 92.6 cm³/mol. The summed E-state index contributed by atoms with van der Waals surface area (Å²) in [5, 5.41) is 8.27. The molecule has 5 heteroatoms. The lowest BCUT2D eigenvalue weighted by Crippen LogP contribution is -2.32. The molecular weight excluding hydrogens is 328 g/mol. The minimum atomic E-state index is -1.73. The fourth-order valence-corrected chi connectivity index (χ4v) is 2.87. The van der Waals surface area contributed by atoms with E-state index in [0.717, 1.165) is 16.9 Å². The van der Waals surface area contributed by atoms with Crippen LogP contribution in [-0.2, 0) is 4.74 Å². The molecule has 0 aliphatic carbocycles. The molecule has 1 saturated heterocycles. The summed E-state index contributed by atoms with van der Waals surface area (Å²) < 4.78 is 17.2. The number of hydrogen-bond acceptors (Lipinski definition) is 4. The minimum absolute atomic E-state index is 0.171. The van der Waals surface area contributed by atoms with E-state index < -0.39 is 11.4 Å². The molecule has 3 atom stereocenters. The summed E-state index contributed by atoms with van der Waals surface area (Å²) in [6, 6.07) is 15.5. The number of benzene rings is 2. The van der Waals surface area contributed by atoms with Gasteiger partial charge >= 0.3 is 0 Å². The summed E-state index contributed by atoms with van der Waals surface area (Å²) in [6.45, 7) is 4.27. The van der Waals surface area contributed by atoms with Crippen LogP contribution < -0.4 is 9.47 Å². The highest BCUT2D eigenvalue weighted by molar-refractivity contribution is 6.21. The third-order valence-electron chi connectivity index (χ3n) is 3.94. The van der Waals surface area contributed by atoms with Gasteiger partial charge in [-0.15, -0.1) is 0 Å². The van der Waals surface area contributed by atoms with Crippen molar-refractivity contribution in [3.05, 3.63) is 59.7 Å². The Kier molecular flexibility index (Phi) is 4.99. The van der Waals surface area contributed by atoms with Crippen molar-refractivity contribution < 1.29 is 19.3 Å². The maximum Gasteiger partial charge on any atom is 0.250 e. The number of alkyl halides is 1. The van der Waals surface area contributed by atoms with Crippen LogP contribution in [0.4, 0.5) is 0 Å². The van der Waals surface area contributed by atoms with Gasteiger partial charge in [0.1, 0.15) is 30.3 Å². The van der Waals surface area contributed by atoms with Crippen molar-refractivity contribution in [2.45, 2.75) is 37.7 Å². The lowest BCUT2D eigenvalue weighted by Gasteiger charge is -2.20. The van der Waals surface area contributed by atoms with Gasteiger partial charge in [0.15, 0.2) is 0 Å². The lowest BCUT2D eigenvalue weighted by molar-refractivity contribution is -0.136. The monoisotopic (exact) mass is 348 g/mol. The average Bonchev–Trinajstić information content (AvgIpc) is 2.83. The highest BCUT2D eigenvalue weighted by Crippen LogP contribution is 2.34. The van der Waals surface area contributed by atoms with Crippen molar-refractivity contribution in [3.63, 3.8) is 0 Å². The van der Waals surface area contributed by atoms with Gasteiger partial charge in [0.2, 0.25) is 5.25 Å². The smallest absolute Gasteiger partial charge is 0.250 e. The second-order valence-electron chi connectivity index (χ2n) is 6.14. The molecule has 0 radical (unpaired) electrons. The Morgan fingerprint density at radius 1 is 1.04 bits per heavy atom. The molecule has 1 aliphatic rings. The Morgan fingerprint density at radius 2 is 1.58 bits per heavy atom. The second-order valence-corrected chi connectivity index (χ2v) is 6.73. The number of hydrogen-bond donors (Lipinski definition) is 1. The second kappa shape index (κ2) is 7.01. The molecule has 2 aromatic rings. The van der Waals surface area contributed by atoms with Crippen molar-refractivity contribution in [3.8, 4) is 11.5 Å². The summed E-state index contributed by atoms with van der Waals surface area (Å²) in [4.78, 5) is 0. The summed E-state index contributed by atoms with van der Waals surface area (Å²) in [5.41, 5.74) is 2.31. The van der Waals surface area contributed by atoms with E-state index >= 15 is 0 Å². The molecule has 0 bridgehead atoms. The Morgan fingerprint density at radius 3 is 2.17 bits per heavy atom. The number of rotatable bonds is 5. The van der Waals surface area contributed by atoms with Gasteiger partial charge in [0, 0.05) is 0 Å². The lowest BCUT2D eigenvalue weighted by atomic mass is 10.2. The highest BCUT2D eigenvalue weighted by Gasteiger charge is 2.46. The van der Waals surface area contributed by atoms with E-state index in [1.165, 1.54) is 0 Å². The quantitative estimate of drug-likeness (QED) is 0.835. The zero-order valence-electron chi connectivity index (χ0n) is 13.7. The fraction of sp³-hybridized carbons (Fsp3) is 0.368. The van der Waals surface area contributed by atoms with Crippen molar-refractivity contribution in [1.29, 1.82) is 0 Å². The van der Waals surface area contributed by atoms with E-state index in [0.29, 0.717) is 5.75 Å². The zero-order valence-corrected chi connectivity index (χ0v) is 14.5. The summed E-state index contributed by atoms with van der Waals surface area (Å²) in [5.74, 6) is 1.45. The predicted octanol–water partition coefficient (Wildman–Crippen LogP) is 3.80. The van der Waals surface area contributed by atoms with Crippen LogP contribution in [0.25, 0.3) is 0 Å². The summed E-state index contributed by atoms with van der Waals surface area (Å²) in [6.07, 6.45) is -0.680. The van der Waals surface area contributed by atoms with Crippen molar-refractivity contribution in [2.75, 3.05) is 6.61 Å². The van der Waals surface area contributed by atoms with Gasteiger partial charge in [-0.05, 0) is 38.1 Å². The molecule has 1 heterocycles. The number of aliphatic hydroxyl groups is 1. The van der Waals surface area contributed by atoms with E-state index in [1.807, 2.05) is 62.4 Å². The Balaban J connectivity index is 1.65. The van der Waals surface area contributed by atoms with Crippen LogP contribution in [0.5, 0.6) is 11.5 Å². The summed E-state index contributed by atoms with van der Waals surface area (Å²) in [7, 11) is 0. The minimum Gasteiger partial charge on any atom is -0.491 e. The molecule has 1 fully saturated rings. The van der Waals surface area contributed by atoms with Gasteiger partial charge in [0.05, 0.1) is 6.42 Å². The molecule has 0 aromatic heterocycles. The van der Waals surface area contributed by atoms with Crippen LogP contribution in [0, 0.1) is 13.8 Å². The number of halogens is 1. The van der Waals surface area contributed by atoms with Crippen LogP contribution >= 0.6 is 11.6 Å². The van der Waals surface area contributed by atoms with Gasteiger partial charge in [-0.25, -0.2) is 0 Å². The Hall–Kier alpha value is -1.75. The van der Waals surface area contributed by atoms with Gasteiger partial charge in [-0.2, -0.15) is 0 Å². The molecule has 0 spiro atoms. The van der Waals surface area contributed by atoms with E-state index in [4.69, 9.17) is 25.8 Å². The molecule has 24 heavy (non-hydrogen) atoms. The molecule has 2 aromatic carbocycles. The molecular formula is C19H21ClO4. The Labute approximate surface area is 146 Å². The maximum absolute atomic E-state index is 10.00. The SMILES string of the molecule is Cc1ccc(OC[C@H]2O[C@@](O)(Cl)C[C@@H]2Oc2ccc(C)cc2)cc1. The van der Waals surface area contributed by atoms with Crippen molar-refractivity contribution in [2.24, 2.45) is 0 Å². The van der Waals surface area contributed by atoms with Crippen LogP contribution in [0.2, 0.25) is 0 Å². The molecule has 3 rings (SSSR count). The first-order valence-corrected chi connectivity index (χ1v) is 8.31. The number of ether oxygens (including phenoxy) is 3. The van der Waals surface area contributed by atoms with E-state index in [9.17, 15) is 5.11 Å². The first-order valence-electron chi connectivity index (χ1n) is 7.93. The molecule has 0 amide bonds. The first kappa shape index (κ1) is 17.1. The summed E-state index contributed by atoms with van der Waals surface area (Å²) >= 11 is 5.95. The van der Waals surface area contributed by atoms with Crippen LogP contribution in [0.3, 0.4) is 0 Å². The third-order valence-corrected chi connectivity index (χ3v) is 4.19. The van der Waals surface area contributed by atoms with Gasteiger partial charge in [-0.3, -0.25) is 0 Å². The molecule has 1 N–H and O–H groups in total. The fourth-order valence-electron chi connectivity index (χ4n) is 2.60. The van der Waals surface area contributed by atoms with E-state index in [2.05, 4.69) is 0 Å². The highest BCUT2D eigenvalue weighted by atomic mass is 35.5. The molecule has 1 aliphatic heterocycles. The van der Waals surface area contributed by atoms with Crippen molar-refractivity contribution in [1.82, 2.24) is 0 Å². The van der Waals surface area contributed by atoms with Crippen LogP contribution in [0.1, 0.15) is 17.5 Å². The van der Waals surface area contributed by atoms with Gasteiger partial charge in [-0.1, -0.05) is 47.0 Å². The largest absolute Gasteiger partial charge is 0.491 e. The normalized spacial score (nSPS) is 26.3. The topological polar surface area (TPSA) is 47.9 Å². The van der Waals surface area contributed by atoms with E-state index in [1.54, 1.807) is 0 Å². The van der Waals surface area contributed by atoms with Gasteiger partial charge in [0.25, 0.3) is 0 Å². The standard InChI is InChI=1S/C19H21ClO4/c1-13-3-7-15(8-4-13)22-12-18-17(11-19(20,21)24-18)23-16-9-5-14(2)6-10-16/h3-10,17-18,21H,11-12H2,1-2H3/t17-,18+,19+/m0/s1. The van der Waals surface area contributed by atoms with Crippen LogP contribution in [-0.4, -0.2) is 29.2 Å². The Bertz CT molecular complexity index is 667. The number of aryl methyl sites for hydroxylation is 2. The molecule has 128 valence electrons. The maximum atomic E-state index is 10.00. The van der Waals surface area contributed by atoms with Crippen LogP contribution in [0.15, 0.2) is 48.5 Å². The molecule has 0 unspecified atom stereocenters. The van der Waals surface area contributed by atoms with Crippen molar-refractivity contribution >= 4 is 11.6 Å². The molecule has 0 saturated carbocycles. The zero-order chi connectivity index (χ0) is 17.2. The third kappa shape index (κ3) is 4.41. The first-order chi connectivity index (χ1) is 11.4. The van der Waals surface area contributed by atoms with Gasteiger partial charge < -0.3 is 19.3 Å². The van der Waals surface area contributed by atoms with E-state index in [-0.39, 0.29) is 19.1 Å².